The molecule has 19 heavy (non-hydrogen) atoms. The fourth-order valence-electron chi connectivity index (χ4n) is 2.37. The highest BCUT2D eigenvalue weighted by molar-refractivity contribution is 5.80. The van der Waals surface area contributed by atoms with Gasteiger partial charge >= 0.3 is 5.97 Å². The number of nitrogens with one attached hydrogen (secondary N) is 1. The number of benzene rings is 1. The van der Waals surface area contributed by atoms with Crippen molar-refractivity contribution in [1.82, 2.24) is 5.32 Å². The molecule has 0 aliphatic heterocycles. The zero-order valence-corrected chi connectivity index (χ0v) is 10.9. The molecule has 1 aliphatic carbocycles. The quantitative estimate of drug-likeness (QED) is 0.741. The van der Waals surface area contributed by atoms with Crippen LogP contribution in [0.3, 0.4) is 0 Å². The molecule has 1 amide bonds. The number of hydrogen-bond acceptors (Lipinski definition) is 4. The molecule has 1 aromatic carbocycles. The number of hydrogen-bond donors (Lipinski definition) is 2. The second-order valence-corrected chi connectivity index (χ2v) is 4.80. The lowest BCUT2D eigenvalue weighted by Gasteiger charge is -2.19. The third-order valence-corrected chi connectivity index (χ3v) is 3.28. The summed E-state index contributed by atoms with van der Waals surface area (Å²) in [5, 5.41) is 3.17. The molecule has 1 aromatic rings. The minimum atomic E-state index is -0.636. The zero-order valence-electron chi connectivity index (χ0n) is 10.9. The standard InChI is InChI=1S/C14H18N2O3/c1-9(17)19-8-13(14(15)18)16-12-6-10-4-2-3-5-11(10)7-12/h2-5,12-13,16H,6-8H2,1H3,(H2,15,18)/t13-/m0/s1. The maximum absolute atomic E-state index is 11.3. The van der Waals surface area contributed by atoms with Gasteiger partial charge in [0.25, 0.3) is 0 Å². The molecule has 5 nitrogen and oxygen atoms in total. The normalized spacial score (nSPS) is 15.8. The first-order valence-corrected chi connectivity index (χ1v) is 6.31. The van der Waals surface area contributed by atoms with Gasteiger partial charge in [0.1, 0.15) is 12.6 Å². The van der Waals surface area contributed by atoms with Crippen molar-refractivity contribution < 1.29 is 14.3 Å². The van der Waals surface area contributed by atoms with Gasteiger partial charge in [-0.15, -0.1) is 0 Å². The first-order chi connectivity index (χ1) is 9.06. The van der Waals surface area contributed by atoms with Crippen molar-refractivity contribution in [2.24, 2.45) is 5.73 Å². The number of rotatable bonds is 5. The highest BCUT2D eigenvalue weighted by Crippen LogP contribution is 2.21. The van der Waals surface area contributed by atoms with E-state index in [1.165, 1.54) is 18.1 Å². The van der Waals surface area contributed by atoms with Gasteiger partial charge in [0.2, 0.25) is 5.91 Å². The smallest absolute Gasteiger partial charge is 0.302 e. The fourth-order valence-corrected chi connectivity index (χ4v) is 2.37. The van der Waals surface area contributed by atoms with Crippen molar-refractivity contribution in [3.05, 3.63) is 35.4 Å². The van der Waals surface area contributed by atoms with Gasteiger partial charge in [-0.2, -0.15) is 0 Å². The van der Waals surface area contributed by atoms with Crippen LogP contribution in [0.2, 0.25) is 0 Å². The van der Waals surface area contributed by atoms with E-state index in [1.54, 1.807) is 0 Å². The Morgan fingerprint density at radius 3 is 2.42 bits per heavy atom. The van der Waals surface area contributed by atoms with Crippen LogP contribution in [0.25, 0.3) is 0 Å². The summed E-state index contributed by atoms with van der Waals surface area (Å²) in [6, 6.07) is 7.70. The van der Waals surface area contributed by atoms with Crippen molar-refractivity contribution in [2.45, 2.75) is 31.8 Å². The average molecular weight is 262 g/mol. The minimum Gasteiger partial charge on any atom is -0.464 e. The number of amides is 1. The summed E-state index contributed by atoms with van der Waals surface area (Å²) in [6.45, 7) is 1.29. The molecule has 0 radical (unpaired) electrons. The van der Waals surface area contributed by atoms with E-state index in [2.05, 4.69) is 17.4 Å². The van der Waals surface area contributed by atoms with Crippen LogP contribution in [0.1, 0.15) is 18.1 Å². The van der Waals surface area contributed by atoms with E-state index in [0.717, 1.165) is 12.8 Å². The molecular weight excluding hydrogens is 244 g/mol. The van der Waals surface area contributed by atoms with Crippen LogP contribution < -0.4 is 11.1 Å². The Labute approximate surface area is 112 Å². The number of esters is 1. The van der Waals surface area contributed by atoms with Crippen LogP contribution in [0.4, 0.5) is 0 Å². The lowest BCUT2D eigenvalue weighted by molar-refractivity contribution is -0.142. The summed E-state index contributed by atoms with van der Waals surface area (Å²) in [4.78, 5) is 22.1. The van der Waals surface area contributed by atoms with E-state index in [1.807, 2.05) is 12.1 Å². The van der Waals surface area contributed by atoms with Gasteiger partial charge in [-0.25, -0.2) is 0 Å². The Balaban J connectivity index is 1.93. The van der Waals surface area contributed by atoms with E-state index >= 15 is 0 Å². The minimum absolute atomic E-state index is 0.0164. The lowest BCUT2D eigenvalue weighted by Crippen LogP contribution is -2.49. The third-order valence-electron chi connectivity index (χ3n) is 3.28. The predicted octanol–water partition coefficient (Wildman–Crippen LogP) is 0.160. The molecule has 0 bridgehead atoms. The molecule has 102 valence electrons. The topological polar surface area (TPSA) is 81.4 Å². The molecule has 1 atom stereocenters. The Kier molecular flexibility index (Phi) is 4.16. The van der Waals surface area contributed by atoms with Crippen molar-refractivity contribution >= 4 is 11.9 Å². The molecule has 0 aromatic heterocycles. The number of carbonyl (C=O) groups is 2. The zero-order chi connectivity index (χ0) is 13.8. The average Bonchev–Trinajstić information content (AvgIpc) is 2.76. The molecular formula is C14H18N2O3. The molecule has 0 saturated carbocycles. The molecule has 0 spiro atoms. The SMILES string of the molecule is CC(=O)OC[C@H](NC1Cc2ccccc2C1)C(N)=O. The maximum atomic E-state index is 11.3. The van der Waals surface area contributed by atoms with Crippen molar-refractivity contribution in [3.8, 4) is 0 Å². The number of ether oxygens (including phenoxy) is 1. The summed E-state index contributed by atoms with van der Waals surface area (Å²) in [5.41, 5.74) is 7.89. The van der Waals surface area contributed by atoms with Crippen LogP contribution in [-0.4, -0.2) is 30.6 Å². The van der Waals surface area contributed by atoms with Crippen LogP contribution >= 0.6 is 0 Å². The molecule has 3 N–H and O–H groups in total. The van der Waals surface area contributed by atoms with Gasteiger partial charge < -0.3 is 10.5 Å². The number of carbonyl (C=O) groups excluding carboxylic acids is 2. The summed E-state index contributed by atoms with van der Waals surface area (Å²) >= 11 is 0. The maximum Gasteiger partial charge on any atom is 0.302 e. The van der Waals surface area contributed by atoms with Gasteiger partial charge in [0, 0.05) is 13.0 Å². The Bertz CT molecular complexity index is 462. The molecule has 2 rings (SSSR count). The first kappa shape index (κ1) is 13.5. The lowest BCUT2D eigenvalue weighted by atomic mass is 10.1. The fraction of sp³-hybridized carbons (Fsp3) is 0.429. The highest BCUT2D eigenvalue weighted by Gasteiger charge is 2.26. The van der Waals surface area contributed by atoms with Crippen molar-refractivity contribution in [2.75, 3.05) is 6.61 Å². The highest BCUT2D eigenvalue weighted by atomic mass is 16.5. The van der Waals surface area contributed by atoms with Crippen LogP contribution in [-0.2, 0) is 27.2 Å². The van der Waals surface area contributed by atoms with E-state index < -0.39 is 17.9 Å². The molecule has 0 saturated heterocycles. The van der Waals surface area contributed by atoms with Gasteiger partial charge in [-0.05, 0) is 24.0 Å². The summed E-state index contributed by atoms with van der Waals surface area (Å²) < 4.78 is 4.85. The second-order valence-electron chi connectivity index (χ2n) is 4.80. The summed E-state index contributed by atoms with van der Waals surface area (Å²) in [6.07, 6.45) is 1.72. The number of primary amides is 1. The first-order valence-electron chi connectivity index (χ1n) is 6.31. The molecule has 0 unspecified atom stereocenters. The Morgan fingerprint density at radius 2 is 1.95 bits per heavy atom. The molecule has 0 heterocycles. The molecule has 1 aliphatic rings. The number of nitrogens with two attached hydrogens (primary N) is 1. The monoisotopic (exact) mass is 262 g/mol. The van der Waals surface area contributed by atoms with E-state index in [-0.39, 0.29) is 12.6 Å². The predicted molar refractivity (Wildman–Crippen MR) is 70.4 cm³/mol. The van der Waals surface area contributed by atoms with E-state index in [0.29, 0.717) is 0 Å². The van der Waals surface area contributed by atoms with Crippen LogP contribution in [0, 0.1) is 0 Å². The van der Waals surface area contributed by atoms with Gasteiger partial charge in [-0.3, -0.25) is 14.9 Å². The second kappa shape index (κ2) is 5.84. The Morgan fingerprint density at radius 1 is 1.37 bits per heavy atom. The van der Waals surface area contributed by atoms with E-state index in [4.69, 9.17) is 10.5 Å². The van der Waals surface area contributed by atoms with Crippen LogP contribution in [0.15, 0.2) is 24.3 Å². The summed E-state index contributed by atoms with van der Waals surface area (Å²) in [7, 11) is 0. The summed E-state index contributed by atoms with van der Waals surface area (Å²) in [5.74, 6) is -0.917. The number of fused-ring (bicyclic) bond motifs is 1. The molecule has 0 fully saturated rings. The largest absolute Gasteiger partial charge is 0.464 e. The van der Waals surface area contributed by atoms with Gasteiger partial charge in [0.05, 0.1) is 0 Å². The third kappa shape index (κ3) is 3.54. The van der Waals surface area contributed by atoms with Crippen molar-refractivity contribution in [3.63, 3.8) is 0 Å². The molecule has 5 heteroatoms. The Hall–Kier alpha value is -1.88. The van der Waals surface area contributed by atoms with Crippen LogP contribution in [0.5, 0.6) is 0 Å². The van der Waals surface area contributed by atoms with Crippen molar-refractivity contribution in [1.29, 1.82) is 0 Å². The van der Waals surface area contributed by atoms with E-state index in [9.17, 15) is 9.59 Å². The van der Waals surface area contributed by atoms with Gasteiger partial charge in [-0.1, -0.05) is 24.3 Å². The van der Waals surface area contributed by atoms with Gasteiger partial charge in [0.15, 0.2) is 0 Å².